The summed E-state index contributed by atoms with van der Waals surface area (Å²) < 4.78 is 2.07. The molecule has 0 aliphatic carbocycles. The quantitative estimate of drug-likeness (QED) is 0.144. The van der Waals surface area contributed by atoms with Gasteiger partial charge in [-0.2, -0.15) is 0 Å². The minimum atomic E-state index is 0. The summed E-state index contributed by atoms with van der Waals surface area (Å²) in [7, 11) is 0. The topological polar surface area (TPSA) is 50.9 Å². The Morgan fingerprint density at radius 2 is 1.39 bits per heavy atom. The third-order valence-electron chi connectivity index (χ3n) is 8.04. The second-order valence-corrected chi connectivity index (χ2v) is 11.4. The number of fused-ring (bicyclic) bond motifs is 4. The normalized spacial score (nSPS) is 10.8. The number of aromatic hydroxyl groups is 1. The van der Waals surface area contributed by atoms with Gasteiger partial charge in [0, 0.05) is 32.0 Å². The zero-order valence-corrected chi connectivity index (χ0v) is 28.2. The molecule has 0 atom stereocenters. The Kier molecular flexibility index (Phi) is 8.81. The minimum absolute atomic E-state index is 0. The van der Waals surface area contributed by atoms with Gasteiger partial charge in [-0.3, -0.25) is 4.57 Å². The molecule has 5 heteroatoms. The number of pyridine rings is 1. The number of aromatic nitrogens is 3. The first-order chi connectivity index (χ1) is 22.0. The van der Waals surface area contributed by atoms with Gasteiger partial charge in [-0.15, -0.1) is 34.9 Å². The number of para-hydroxylation sites is 4. The van der Waals surface area contributed by atoms with Crippen molar-refractivity contribution in [2.24, 2.45) is 0 Å². The summed E-state index contributed by atoms with van der Waals surface area (Å²) in [5.74, 6) is 0.973. The van der Waals surface area contributed by atoms with Gasteiger partial charge in [0.1, 0.15) is 11.6 Å². The molecule has 0 bridgehead atoms. The fraction of sp³-hybridized carbons (Fsp3) is 0.0732. The summed E-state index contributed by atoms with van der Waals surface area (Å²) in [5, 5.41) is 15.2. The number of aryl methyl sites for hydroxylation is 3. The van der Waals surface area contributed by atoms with Crippen LogP contribution in [0.4, 0.5) is 0 Å². The molecule has 0 fully saturated rings. The van der Waals surface area contributed by atoms with Gasteiger partial charge in [-0.25, -0.2) is 4.98 Å². The third-order valence-corrected chi connectivity index (χ3v) is 8.04. The van der Waals surface area contributed by atoms with E-state index < -0.39 is 0 Å². The largest absolute Gasteiger partial charge is 0.507 e. The second kappa shape index (κ2) is 13.1. The predicted molar refractivity (Wildman–Crippen MR) is 186 cm³/mol. The molecule has 0 unspecified atom stereocenters. The van der Waals surface area contributed by atoms with E-state index in [0.29, 0.717) is 0 Å². The van der Waals surface area contributed by atoms with Gasteiger partial charge < -0.3 is 10.1 Å². The molecule has 1 radical (unpaired) electrons. The van der Waals surface area contributed by atoms with Crippen LogP contribution in [0.15, 0.2) is 134 Å². The first kappa shape index (κ1) is 30.9. The van der Waals surface area contributed by atoms with Gasteiger partial charge in [-0.1, -0.05) is 92.2 Å². The van der Waals surface area contributed by atoms with E-state index in [-0.39, 0.29) is 25.9 Å². The fourth-order valence-corrected chi connectivity index (χ4v) is 6.06. The fourth-order valence-electron chi connectivity index (χ4n) is 6.06. The summed E-state index contributed by atoms with van der Waals surface area (Å²) in [5.41, 5.74) is 9.43. The standard InChI is InChI=1S/C22H18N.C19H14N2O.Ir/c1-14-4-6-19-17(11-14)5-7-21-20(19)8-9-23-22(21)18-12-15(2)10-16(3)13-18;22-18-13-7-4-10-15(18)19-20-16-11-5-6-12-17(16)21(19)14-8-2-1-3-9-14;/h4-12H,1-3H3;1-13,22H;/q-1;;. The van der Waals surface area contributed by atoms with E-state index in [1.165, 1.54) is 32.7 Å². The molecule has 2 aromatic heterocycles. The minimum Gasteiger partial charge on any atom is -0.507 e. The van der Waals surface area contributed by atoms with E-state index in [1.54, 1.807) is 6.07 Å². The van der Waals surface area contributed by atoms with Gasteiger partial charge in [0.15, 0.2) is 0 Å². The van der Waals surface area contributed by atoms with Gasteiger partial charge >= 0.3 is 0 Å². The Morgan fingerprint density at radius 3 is 2.20 bits per heavy atom. The molecule has 0 aliphatic rings. The number of nitrogens with zero attached hydrogens (tertiary/aromatic N) is 3. The van der Waals surface area contributed by atoms with Crippen molar-refractivity contribution in [3.63, 3.8) is 0 Å². The van der Waals surface area contributed by atoms with Crippen LogP contribution in [0.5, 0.6) is 5.75 Å². The maximum atomic E-state index is 10.2. The summed E-state index contributed by atoms with van der Waals surface area (Å²) in [6, 6.07) is 46.2. The molecular formula is C41H32IrN3O-. The predicted octanol–water partition coefficient (Wildman–Crippen LogP) is 10.2. The summed E-state index contributed by atoms with van der Waals surface area (Å²) in [6.45, 7) is 6.33. The van der Waals surface area contributed by atoms with E-state index >= 15 is 0 Å². The van der Waals surface area contributed by atoms with Crippen molar-refractivity contribution < 1.29 is 25.2 Å². The monoisotopic (exact) mass is 775 g/mol. The van der Waals surface area contributed by atoms with Crippen LogP contribution in [0.3, 0.4) is 0 Å². The molecular weight excluding hydrogens is 743 g/mol. The molecule has 0 amide bonds. The molecule has 1 N–H and O–H groups in total. The van der Waals surface area contributed by atoms with Gasteiger partial charge in [0.2, 0.25) is 0 Å². The summed E-state index contributed by atoms with van der Waals surface area (Å²) in [4.78, 5) is 9.38. The molecule has 227 valence electrons. The molecule has 46 heavy (non-hydrogen) atoms. The first-order valence-electron chi connectivity index (χ1n) is 15.1. The molecule has 2 heterocycles. The van der Waals surface area contributed by atoms with Crippen LogP contribution in [0.25, 0.3) is 60.9 Å². The number of benzene rings is 6. The van der Waals surface area contributed by atoms with E-state index in [4.69, 9.17) is 4.98 Å². The number of rotatable bonds is 3. The van der Waals surface area contributed by atoms with E-state index in [2.05, 4.69) is 84.9 Å². The average molecular weight is 775 g/mol. The van der Waals surface area contributed by atoms with Crippen LogP contribution in [-0.2, 0) is 20.1 Å². The van der Waals surface area contributed by atoms with Crippen molar-refractivity contribution in [3.8, 4) is 34.1 Å². The summed E-state index contributed by atoms with van der Waals surface area (Å²) in [6.07, 6.45) is 1.91. The van der Waals surface area contributed by atoms with E-state index in [9.17, 15) is 5.11 Å². The van der Waals surface area contributed by atoms with Crippen LogP contribution in [-0.4, -0.2) is 19.6 Å². The van der Waals surface area contributed by atoms with Gasteiger partial charge in [0.25, 0.3) is 0 Å². The summed E-state index contributed by atoms with van der Waals surface area (Å²) >= 11 is 0. The number of phenolic OH excluding ortho intramolecular Hbond substituents is 1. The van der Waals surface area contributed by atoms with E-state index in [0.717, 1.165) is 44.9 Å². The first-order valence-corrected chi connectivity index (χ1v) is 15.1. The maximum absolute atomic E-state index is 10.2. The van der Waals surface area contributed by atoms with Crippen LogP contribution < -0.4 is 0 Å². The number of phenols is 1. The van der Waals surface area contributed by atoms with Crippen molar-refractivity contribution >= 4 is 32.6 Å². The Hall–Kier alpha value is -5.09. The Morgan fingerprint density at radius 1 is 0.652 bits per heavy atom. The molecule has 0 aliphatic heterocycles. The Bertz CT molecular complexity index is 2310. The van der Waals surface area contributed by atoms with Crippen molar-refractivity contribution in [1.82, 2.24) is 14.5 Å². The molecule has 8 aromatic rings. The zero-order chi connectivity index (χ0) is 30.9. The maximum Gasteiger partial charge on any atom is 0.149 e. The van der Waals surface area contributed by atoms with Crippen LogP contribution in [0, 0.1) is 26.8 Å². The molecule has 0 saturated carbocycles. The Labute approximate surface area is 282 Å². The Balaban J connectivity index is 0.000000158. The van der Waals surface area contributed by atoms with E-state index in [1.807, 2.05) is 79.0 Å². The van der Waals surface area contributed by atoms with Crippen molar-refractivity contribution in [2.75, 3.05) is 0 Å². The third kappa shape index (κ3) is 5.95. The smallest absolute Gasteiger partial charge is 0.149 e. The van der Waals surface area contributed by atoms with Crippen molar-refractivity contribution in [3.05, 3.63) is 156 Å². The number of hydrogen-bond donors (Lipinski definition) is 1. The average Bonchev–Trinajstić information content (AvgIpc) is 3.44. The molecule has 0 spiro atoms. The SMILES string of the molecule is Cc1[c-]c(-c2nccc3c2ccc2cc(C)ccc23)cc(C)c1.Oc1ccccc1-c1nc2ccccc2n1-c1ccccc1.[Ir]. The molecule has 8 rings (SSSR count). The zero-order valence-electron chi connectivity index (χ0n) is 25.8. The second-order valence-electron chi connectivity index (χ2n) is 11.4. The molecule has 4 nitrogen and oxygen atoms in total. The van der Waals surface area contributed by atoms with Gasteiger partial charge in [-0.05, 0) is 76.6 Å². The number of imidazole rings is 1. The van der Waals surface area contributed by atoms with Crippen molar-refractivity contribution in [2.45, 2.75) is 20.8 Å². The van der Waals surface area contributed by atoms with Gasteiger partial charge in [0.05, 0.1) is 16.6 Å². The molecule has 6 aromatic carbocycles. The van der Waals surface area contributed by atoms with Crippen molar-refractivity contribution in [1.29, 1.82) is 0 Å². The number of hydrogen-bond acceptors (Lipinski definition) is 3. The molecule has 0 saturated heterocycles. The van der Waals surface area contributed by atoms with Crippen LogP contribution in [0.1, 0.15) is 16.7 Å². The van der Waals surface area contributed by atoms with Crippen LogP contribution >= 0.6 is 0 Å². The van der Waals surface area contributed by atoms with Crippen LogP contribution in [0.2, 0.25) is 0 Å².